The third-order valence-corrected chi connectivity index (χ3v) is 2.80. The van der Waals surface area contributed by atoms with E-state index in [0.29, 0.717) is 0 Å². The van der Waals surface area contributed by atoms with E-state index in [9.17, 15) is 0 Å². The predicted molar refractivity (Wildman–Crippen MR) is 73.2 cm³/mol. The van der Waals surface area contributed by atoms with Crippen LogP contribution in [0.4, 0.5) is 0 Å². The van der Waals surface area contributed by atoms with Crippen molar-refractivity contribution in [1.29, 1.82) is 0 Å². The average Bonchev–Trinajstić information content (AvgIpc) is 2.49. The summed E-state index contributed by atoms with van der Waals surface area (Å²) in [5.74, 6) is 0. The van der Waals surface area contributed by atoms with Gasteiger partial charge in [0.2, 0.25) is 0 Å². The number of hydrogen-bond donors (Lipinski definition) is 0. The molecule has 19 heavy (non-hydrogen) atoms. The van der Waals surface area contributed by atoms with E-state index in [2.05, 4.69) is 19.9 Å². The fourth-order valence-electron chi connectivity index (χ4n) is 1.77. The van der Waals surface area contributed by atoms with E-state index in [1.165, 1.54) is 0 Å². The van der Waals surface area contributed by atoms with Gasteiger partial charge in [0, 0.05) is 35.9 Å². The molecule has 3 heterocycles. The quantitative estimate of drug-likeness (QED) is 0.699. The van der Waals surface area contributed by atoms with Crippen molar-refractivity contribution in [1.82, 2.24) is 19.9 Å². The zero-order chi connectivity index (χ0) is 13.1. The highest BCUT2D eigenvalue weighted by Crippen LogP contribution is 2.20. The van der Waals surface area contributed by atoms with Crippen LogP contribution in [0.25, 0.3) is 22.5 Å². The lowest BCUT2D eigenvalue weighted by Gasteiger charge is -2.03. The summed E-state index contributed by atoms with van der Waals surface area (Å²) < 4.78 is 0. The molecule has 0 radical (unpaired) electrons. The number of nitrogens with zero attached hydrogens (tertiary/aromatic N) is 4. The number of aryl methyl sites for hydroxylation is 1. The van der Waals surface area contributed by atoms with E-state index in [0.717, 1.165) is 28.2 Å². The van der Waals surface area contributed by atoms with Crippen molar-refractivity contribution in [2.45, 2.75) is 6.92 Å². The van der Waals surface area contributed by atoms with E-state index < -0.39 is 0 Å². The van der Waals surface area contributed by atoms with Gasteiger partial charge in [0.25, 0.3) is 0 Å². The van der Waals surface area contributed by atoms with Crippen LogP contribution in [-0.4, -0.2) is 19.9 Å². The topological polar surface area (TPSA) is 51.6 Å². The van der Waals surface area contributed by atoms with Gasteiger partial charge in [-0.1, -0.05) is 12.1 Å². The third-order valence-electron chi connectivity index (χ3n) is 2.80. The van der Waals surface area contributed by atoms with E-state index in [-0.39, 0.29) is 0 Å². The molecular weight excluding hydrogens is 236 g/mol. The van der Waals surface area contributed by atoms with Crippen LogP contribution < -0.4 is 0 Å². The summed E-state index contributed by atoms with van der Waals surface area (Å²) in [5.41, 5.74) is 4.59. The summed E-state index contributed by atoms with van der Waals surface area (Å²) >= 11 is 0. The molecule has 0 aliphatic carbocycles. The molecule has 0 aromatic carbocycles. The molecule has 92 valence electrons. The van der Waals surface area contributed by atoms with Gasteiger partial charge in [0.05, 0.1) is 17.6 Å². The van der Waals surface area contributed by atoms with Crippen molar-refractivity contribution in [3.05, 3.63) is 60.9 Å². The first-order valence-corrected chi connectivity index (χ1v) is 5.98. The van der Waals surface area contributed by atoms with Crippen LogP contribution in [0, 0.1) is 6.92 Å². The molecule has 0 amide bonds. The molecule has 0 fully saturated rings. The molecule has 3 rings (SSSR count). The second-order valence-electron chi connectivity index (χ2n) is 4.22. The van der Waals surface area contributed by atoms with Gasteiger partial charge in [-0.2, -0.15) is 0 Å². The summed E-state index contributed by atoms with van der Waals surface area (Å²) in [6.45, 7) is 1.91. The lowest BCUT2D eigenvalue weighted by molar-refractivity contribution is 1.11. The Kier molecular flexibility index (Phi) is 2.98. The standard InChI is InChI=1S/C15H12N4/c1-11-7-18-15(10-17-11)14-5-4-13(9-19-14)12-3-2-6-16-8-12/h2-10H,1H3. The molecule has 0 atom stereocenters. The van der Waals surface area contributed by atoms with E-state index >= 15 is 0 Å². The second kappa shape index (κ2) is 4.94. The van der Waals surface area contributed by atoms with Gasteiger partial charge < -0.3 is 0 Å². The van der Waals surface area contributed by atoms with Crippen LogP contribution in [0.1, 0.15) is 5.69 Å². The predicted octanol–water partition coefficient (Wildman–Crippen LogP) is 2.91. The summed E-state index contributed by atoms with van der Waals surface area (Å²) in [4.78, 5) is 17.1. The molecule has 4 heteroatoms. The Bertz CT molecular complexity index is 661. The van der Waals surface area contributed by atoms with Gasteiger partial charge in [-0.25, -0.2) is 0 Å². The Hall–Kier alpha value is -2.62. The Labute approximate surface area is 111 Å². The maximum absolute atomic E-state index is 4.42. The Morgan fingerprint density at radius 2 is 1.58 bits per heavy atom. The van der Waals surface area contributed by atoms with Gasteiger partial charge >= 0.3 is 0 Å². The summed E-state index contributed by atoms with van der Waals surface area (Å²) in [6, 6.07) is 7.88. The molecule has 0 aliphatic heterocycles. The monoisotopic (exact) mass is 248 g/mol. The van der Waals surface area contributed by atoms with Crippen molar-refractivity contribution in [2.75, 3.05) is 0 Å². The first kappa shape index (κ1) is 11.5. The normalized spacial score (nSPS) is 10.4. The van der Waals surface area contributed by atoms with Crippen molar-refractivity contribution in [2.24, 2.45) is 0 Å². The van der Waals surface area contributed by atoms with Gasteiger partial charge in [-0.05, 0) is 19.1 Å². The number of pyridine rings is 2. The van der Waals surface area contributed by atoms with Crippen LogP contribution >= 0.6 is 0 Å². The Balaban J connectivity index is 1.93. The minimum atomic E-state index is 0.781. The minimum absolute atomic E-state index is 0.781. The summed E-state index contributed by atoms with van der Waals surface area (Å²) in [7, 11) is 0. The second-order valence-corrected chi connectivity index (χ2v) is 4.22. The lowest BCUT2D eigenvalue weighted by Crippen LogP contribution is -1.90. The highest BCUT2D eigenvalue weighted by atomic mass is 14.8. The molecule has 0 saturated carbocycles. The smallest absolute Gasteiger partial charge is 0.107 e. The fraction of sp³-hybridized carbons (Fsp3) is 0.0667. The van der Waals surface area contributed by atoms with Crippen LogP contribution in [0.3, 0.4) is 0 Å². The zero-order valence-electron chi connectivity index (χ0n) is 10.5. The fourth-order valence-corrected chi connectivity index (χ4v) is 1.77. The first-order chi connectivity index (χ1) is 9.33. The molecule has 0 saturated heterocycles. The van der Waals surface area contributed by atoms with Crippen molar-refractivity contribution >= 4 is 0 Å². The zero-order valence-corrected chi connectivity index (χ0v) is 10.5. The maximum atomic E-state index is 4.42. The van der Waals surface area contributed by atoms with E-state index in [1.54, 1.807) is 18.6 Å². The number of aromatic nitrogens is 4. The highest BCUT2D eigenvalue weighted by Gasteiger charge is 2.03. The van der Waals surface area contributed by atoms with Gasteiger partial charge in [-0.15, -0.1) is 0 Å². The molecule has 0 N–H and O–H groups in total. The molecule has 0 spiro atoms. The molecule has 0 unspecified atom stereocenters. The van der Waals surface area contributed by atoms with Gasteiger partial charge in [0.1, 0.15) is 5.69 Å². The van der Waals surface area contributed by atoms with Crippen LogP contribution in [0.15, 0.2) is 55.2 Å². The van der Waals surface area contributed by atoms with Crippen LogP contribution in [-0.2, 0) is 0 Å². The van der Waals surface area contributed by atoms with Gasteiger partial charge in [0.15, 0.2) is 0 Å². The highest BCUT2D eigenvalue weighted by molar-refractivity contribution is 5.64. The maximum Gasteiger partial charge on any atom is 0.107 e. The molecule has 3 aromatic rings. The van der Waals surface area contributed by atoms with Crippen molar-refractivity contribution in [3.8, 4) is 22.5 Å². The summed E-state index contributed by atoms with van der Waals surface area (Å²) in [6.07, 6.45) is 8.89. The van der Waals surface area contributed by atoms with Crippen LogP contribution in [0.5, 0.6) is 0 Å². The Morgan fingerprint density at radius 1 is 0.737 bits per heavy atom. The number of hydrogen-bond acceptors (Lipinski definition) is 4. The molecule has 0 bridgehead atoms. The van der Waals surface area contributed by atoms with Crippen LogP contribution in [0.2, 0.25) is 0 Å². The molecule has 0 aliphatic rings. The number of rotatable bonds is 2. The SMILES string of the molecule is Cc1cnc(-c2ccc(-c3cccnc3)cn2)cn1. The molecular formula is C15H12N4. The average molecular weight is 248 g/mol. The van der Waals surface area contributed by atoms with Crippen molar-refractivity contribution < 1.29 is 0 Å². The van der Waals surface area contributed by atoms with E-state index in [1.807, 2.05) is 43.6 Å². The van der Waals surface area contributed by atoms with E-state index in [4.69, 9.17) is 0 Å². The summed E-state index contributed by atoms with van der Waals surface area (Å²) in [5, 5.41) is 0. The first-order valence-electron chi connectivity index (χ1n) is 5.98. The lowest BCUT2D eigenvalue weighted by atomic mass is 10.1. The van der Waals surface area contributed by atoms with Gasteiger partial charge in [-0.3, -0.25) is 19.9 Å². The largest absolute Gasteiger partial charge is 0.264 e. The minimum Gasteiger partial charge on any atom is -0.264 e. The van der Waals surface area contributed by atoms with Crippen molar-refractivity contribution in [3.63, 3.8) is 0 Å². The Morgan fingerprint density at radius 3 is 2.21 bits per heavy atom. The molecule has 4 nitrogen and oxygen atoms in total. The molecule has 3 aromatic heterocycles. The third kappa shape index (κ3) is 2.47.